The highest BCUT2D eigenvalue weighted by atomic mass is 32.2. The lowest BCUT2D eigenvalue weighted by molar-refractivity contribution is -0.121. The summed E-state index contributed by atoms with van der Waals surface area (Å²) in [5, 5.41) is 2.93. The zero-order chi connectivity index (χ0) is 20.0. The highest BCUT2D eigenvalue weighted by Crippen LogP contribution is 2.35. The molecule has 0 aliphatic carbocycles. The van der Waals surface area contributed by atoms with Crippen molar-refractivity contribution in [2.24, 2.45) is 10.3 Å². The van der Waals surface area contributed by atoms with Crippen LogP contribution in [0.15, 0.2) is 51.8 Å². The minimum Gasteiger partial charge on any atom is -0.454 e. The van der Waals surface area contributed by atoms with E-state index in [1.165, 1.54) is 0 Å². The van der Waals surface area contributed by atoms with Crippen molar-refractivity contribution >= 4 is 27.5 Å². The van der Waals surface area contributed by atoms with E-state index in [0.717, 1.165) is 12.8 Å². The Morgan fingerprint density at radius 1 is 1.14 bits per heavy atom. The minimum absolute atomic E-state index is 0.108. The number of sulfonamides is 1. The SMILES string of the molecule is O=C(Nc1ccc2c(c1)OCO2)C1CCCN(C2=NS(=O)(=O)c3ccccc32)C1. The summed E-state index contributed by atoms with van der Waals surface area (Å²) in [5.74, 6) is 1.32. The molecule has 1 fully saturated rings. The molecule has 3 aliphatic rings. The quantitative estimate of drug-likeness (QED) is 0.811. The molecule has 1 N–H and O–H groups in total. The van der Waals surface area contributed by atoms with Crippen molar-refractivity contribution in [2.75, 3.05) is 25.2 Å². The van der Waals surface area contributed by atoms with E-state index in [9.17, 15) is 13.2 Å². The molecule has 150 valence electrons. The van der Waals surface area contributed by atoms with Gasteiger partial charge in [-0.2, -0.15) is 8.42 Å². The maximum Gasteiger partial charge on any atom is 0.285 e. The lowest BCUT2D eigenvalue weighted by Crippen LogP contribution is -2.43. The third-order valence-electron chi connectivity index (χ3n) is 5.34. The Morgan fingerprint density at radius 3 is 2.86 bits per heavy atom. The first-order valence-corrected chi connectivity index (χ1v) is 10.9. The summed E-state index contributed by atoms with van der Waals surface area (Å²) in [5.41, 5.74) is 1.24. The molecule has 1 amide bonds. The molecule has 29 heavy (non-hydrogen) atoms. The number of hydrogen-bond acceptors (Lipinski definition) is 6. The Labute approximate surface area is 168 Å². The molecular weight excluding hydrogens is 394 g/mol. The van der Waals surface area contributed by atoms with Crippen LogP contribution in [-0.4, -0.2) is 44.9 Å². The summed E-state index contributed by atoms with van der Waals surface area (Å²) in [7, 11) is -3.68. The number of carbonyl (C=O) groups is 1. The van der Waals surface area contributed by atoms with Crippen molar-refractivity contribution in [1.82, 2.24) is 4.90 Å². The Hall–Kier alpha value is -3.07. The minimum atomic E-state index is -3.68. The fourth-order valence-electron chi connectivity index (χ4n) is 3.92. The van der Waals surface area contributed by atoms with Gasteiger partial charge in [-0.1, -0.05) is 12.1 Å². The maximum absolute atomic E-state index is 12.8. The van der Waals surface area contributed by atoms with Crippen LogP contribution in [0.5, 0.6) is 11.5 Å². The normalized spacial score (nSPS) is 21.4. The first kappa shape index (κ1) is 18.0. The van der Waals surface area contributed by atoms with E-state index in [4.69, 9.17) is 9.47 Å². The second-order valence-corrected chi connectivity index (χ2v) is 8.80. The maximum atomic E-state index is 12.8. The molecular formula is C20H19N3O5S. The van der Waals surface area contributed by atoms with Crippen LogP contribution in [0, 0.1) is 5.92 Å². The van der Waals surface area contributed by atoms with Gasteiger partial charge in [0.1, 0.15) is 4.90 Å². The number of amides is 1. The third-order valence-corrected chi connectivity index (χ3v) is 6.67. The molecule has 0 bridgehead atoms. The molecule has 0 spiro atoms. The molecule has 1 atom stereocenters. The van der Waals surface area contributed by atoms with E-state index in [-0.39, 0.29) is 23.5 Å². The number of ether oxygens (including phenoxy) is 2. The van der Waals surface area contributed by atoms with Gasteiger partial charge in [0, 0.05) is 30.4 Å². The lowest BCUT2D eigenvalue weighted by Gasteiger charge is -2.33. The summed E-state index contributed by atoms with van der Waals surface area (Å²) in [6.45, 7) is 1.26. The van der Waals surface area contributed by atoms with Gasteiger partial charge in [-0.3, -0.25) is 4.79 Å². The summed E-state index contributed by atoms with van der Waals surface area (Å²) in [6.07, 6.45) is 1.51. The Bertz CT molecular complexity index is 1130. The summed E-state index contributed by atoms with van der Waals surface area (Å²) >= 11 is 0. The van der Waals surface area contributed by atoms with Crippen LogP contribution >= 0.6 is 0 Å². The Morgan fingerprint density at radius 2 is 1.97 bits per heavy atom. The first-order valence-electron chi connectivity index (χ1n) is 9.41. The number of rotatable bonds is 2. The van der Waals surface area contributed by atoms with Crippen LogP contribution in [0.1, 0.15) is 18.4 Å². The number of amidine groups is 1. The molecule has 1 unspecified atom stereocenters. The van der Waals surface area contributed by atoms with Crippen molar-refractivity contribution in [3.8, 4) is 11.5 Å². The van der Waals surface area contributed by atoms with E-state index in [1.807, 2.05) is 4.90 Å². The van der Waals surface area contributed by atoms with Crippen LogP contribution in [0.2, 0.25) is 0 Å². The van der Waals surface area contributed by atoms with Gasteiger partial charge >= 0.3 is 0 Å². The van der Waals surface area contributed by atoms with Crippen molar-refractivity contribution < 1.29 is 22.7 Å². The van der Waals surface area contributed by atoms with E-state index in [1.54, 1.807) is 42.5 Å². The van der Waals surface area contributed by atoms with Crippen molar-refractivity contribution in [3.05, 3.63) is 48.0 Å². The van der Waals surface area contributed by atoms with Gasteiger partial charge in [0.05, 0.1) is 5.92 Å². The molecule has 2 aromatic rings. The largest absolute Gasteiger partial charge is 0.454 e. The van der Waals surface area contributed by atoms with Crippen molar-refractivity contribution in [1.29, 1.82) is 0 Å². The van der Waals surface area contributed by atoms with Gasteiger partial charge in [-0.25, -0.2) is 0 Å². The van der Waals surface area contributed by atoms with Gasteiger partial charge < -0.3 is 19.7 Å². The summed E-state index contributed by atoms with van der Waals surface area (Å²) in [4.78, 5) is 15.0. The van der Waals surface area contributed by atoms with Gasteiger partial charge in [-0.05, 0) is 37.1 Å². The molecule has 3 heterocycles. The molecule has 5 rings (SSSR count). The fraction of sp³-hybridized carbons (Fsp3) is 0.300. The fourth-order valence-corrected chi connectivity index (χ4v) is 5.15. The van der Waals surface area contributed by atoms with E-state index in [2.05, 4.69) is 9.71 Å². The number of benzene rings is 2. The Balaban J connectivity index is 1.33. The number of piperidine rings is 1. The van der Waals surface area contributed by atoms with Crippen LogP contribution in [0.4, 0.5) is 5.69 Å². The number of hydrogen-bond donors (Lipinski definition) is 1. The average Bonchev–Trinajstić information content (AvgIpc) is 3.30. The third kappa shape index (κ3) is 3.21. The first-order chi connectivity index (χ1) is 14.0. The Kier molecular flexibility index (Phi) is 4.20. The average molecular weight is 413 g/mol. The number of carbonyl (C=O) groups excluding carboxylic acids is 1. The predicted molar refractivity (Wildman–Crippen MR) is 106 cm³/mol. The monoisotopic (exact) mass is 413 g/mol. The van der Waals surface area contributed by atoms with E-state index < -0.39 is 10.0 Å². The second kappa shape index (κ2) is 6.77. The summed E-state index contributed by atoms with van der Waals surface area (Å²) in [6, 6.07) is 12.1. The van der Waals surface area contributed by atoms with E-state index in [0.29, 0.717) is 41.7 Å². The highest BCUT2D eigenvalue weighted by molar-refractivity contribution is 7.90. The predicted octanol–water partition coefficient (Wildman–Crippen LogP) is 2.21. The van der Waals surface area contributed by atoms with Gasteiger partial charge in [0.25, 0.3) is 10.0 Å². The smallest absolute Gasteiger partial charge is 0.285 e. The molecule has 2 aromatic carbocycles. The number of fused-ring (bicyclic) bond motifs is 2. The van der Waals surface area contributed by atoms with Gasteiger partial charge in [0.15, 0.2) is 17.3 Å². The molecule has 0 aromatic heterocycles. The molecule has 0 saturated carbocycles. The molecule has 9 heteroatoms. The van der Waals surface area contributed by atoms with E-state index >= 15 is 0 Å². The summed E-state index contributed by atoms with van der Waals surface area (Å²) < 4.78 is 39.3. The molecule has 8 nitrogen and oxygen atoms in total. The van der Waals surface area contributed by atoms with Gasteiger partial charge in [-0.15, -0.1) is 4.40 Å². The number of anilines is 1. The number of nitrogens with one attached hydrogen (secondary N) is 1. The zero-order valence-corrected chi connectivity index (χ0v) is 16.3. The standard InChI is InChI=1S/C20H19N3O5S/c24-20(21-14-7-8-16-17(10-14)28-12-27-16)13-4-3-9-23(11-13)19-15-5-1-2-6-18(15)29(25,26)22-19/h1-2,5-8,10,13H,3-4,9,11-12H2,(H,21,24). The van der Waals surface area contributed by atoms with Gasteiger partial charge in [0.2, 0.25) is 12.7 Å². The molecule has 0 radical (unpaired) electrons. The number of likely N-dealkylation sites (tertiary alicyclic amines) is 1. The molecule has 3 aliphatic heterocycles. The van der Waals surface area contributed by atoms with Crippen molar-refractivity contribution in [2.45, 2.75) is 17.7 Å². The van der Waals surface area contributed by atoms with Crippen LogP contribution in [-0.2, 0) is 14.8 Å². The highest BCUT2D eigenvalue weighted by Gasteiger charge is 2.35. The topological polar surface area (TPSA) is 97.3 Å². The molecule has 1 saturated heterocycles. The van der Waals surface area contributed by atoms with Crippen LogP contribution in [0.3, 0.4) is 0 Å². The van der Waals surface area contributed by atoms with Crippen molar-refractivity contribution in [3.63, 3.8) is 0 Å². The number of nitrogens with zero attached hydrogens (tertiary/aromatic N) is 2. The van der Waals surface area contributed by atoms with Crippen LogP contribution in [0.25, 0.3) is 0 Å². The van der Waals surface area contributed by atoms with Crippen LogP contribution < -0.4 is 14.8 Å². The zero-order valence-electron chi connectivity index (χ0n) is 15.5. The second-order valence-electron chi connectivity index (χ2n) is 7.23. The lowest BCUT2D eigenvalue weighted by atomic mass is 9.96.